The van der Waals surface area contributed by atoms with Gasteiger partial charge in [-0.1, -0.05) is 24.3 Å². The summed E-state index contributed by atoms with van der Waals surface area (Å²) in [6.07, 6.45) is 0. The van der Waals surface area contributed by atoms with Crippen LogP contribution >= 0.6 is 0 Å². The topological polar surface area (TPSA) is 37.4 Å². The summed E-state index contributed by atoms with van der Waals surface area (Å²) in [4.78, 5) is 0. The van der Waals surface area contributed by atoms with Gasteiger partial charge in [-0.15, -0.1) is 0 Å². The molecule has 112 valence electrons. The summed E-state index contributed by atoms with van der Waals surface area (Å²) >= 11 is 0. The van der Waals surface area contributed by atoms with Crippen molar-refractivity contribution in [3.63, 3.8) is 0 Å². The fraction of sp³-hybridized carbons (Fsp3) is 0.200. The van der Waals surface area contributed by atoms with Gasteiger partial charge in [0.15, 0.2) is 0 Å². The Hall–Kier alpha value is -1.79. The van der Waals surface area contributed by atoms with Crippen molar-refractivity contribution in [1.29, 1.82) is 0 Å². The molecule has 0 amide bonds. The third-order valence-electron chi connectivity index (χ3n) is 3.06. The molecule has 2 aromatic rings. The van der Waals surface area contributed by atoms with Crippen LogP contribution in [0.5, 0.6) is 0 Å². The summed E-state index contributed by atoms with van der Waals surface area (Å²) in [5.41, 5.74) is 1.21. The zero-order chi connectivity index (χ0) is 15.5. The zero-order valence-electron chi connectivity index (χ0n) is 11.5. The summed E-state index contributed by atoms with van der Waals surface area (Å²) < 4.78 is 51.2. The number of benzene rings is 2. The van der Waals surface area contributed by atoms with Gasteiger partial charge in [-0.3, -0.25) is 0 Å². The highest BCUT2D eigenvalue weighted by Crippen LogP contribution is 2.14. The molecule has 0 fully saturated rings. The fourth-order valence-electron chi connectivity index (χ4n) is 1.85. The molecule has 21 heavy (non-hydrogen) atoms. The van der Waals surface area contributed by atoms with E-state index in [1.54, 1.807) is 12.1 Å². The van der Waals surface area contributed by atoms with Crippen LogP contribution < -0.4 is 0 Å². The Morgan fingerprint density at radius 3 is 1.76 bits per heavy atom. The molecule has 0 unspecified atom stereocenters. The molecule has 0 bridgehead atoms. The highest BCUT2D eigenvalue weighted by atomic mass is 32.2. The molecule has 0 aliphatic heterocycles. The van der Waals surface area contributed by atoms with Crippen LogP contribution in [0.2, 0.25) is 0 Å². The van der Waals surface area contributed by atoms with Crippen molar-refractivity contribution in [1.82, 2.24) is 4.31 Å². The van der Waals surface area contributed by atoms with Crippen molar-refractivity contribution in [3.8, 4) is 0 Å². The van der Waals surface area contributed by atoms with Gasteiger partial charge in [0, 0.05) is 13.6 Å². The minimum Gasteiger partial charge on any atom is -0.212 e. The average molecular weight is 311 g/mol. The van der Waals surface area contributed by atoms with Gasteiger partial charge < -0.3 is 0 Å². The third-order valence-corrected chi connectivity index (χ3v) is 4.83. The second kappa shape index (κ2) is 6.32. The summed E-state index contributed by atoms with van der Waals surface area (Å²) in [5.74, 6) is -0.975. The van der Waals surface area contributed by atoms with E-state index in [4.69, 9.17) is 0 Å². The van der Waals surface area contributed by atoms with Crippen molar-refractivity contribution in [3.05, 3.63) is 71.3 Å². The highest BCUT2D eigenvalue weighted by molar-refractivity contribution is 7.88. The molecule has 6 heteroatoms. The number of sulfonamides is 1. The van der Waals surface area contributed by atoms with E-state index in [0.29, 0.717) is 11.1 Å². The van der Waals surface area contributed by atoms with E-state index in [-0.39, 0.29) is 18.1 Å². The Morgan fingerprint density at radius 1 is 0.857 bits per heavy atom. The maximum absolute atomic E-state index is 12.8. The van der Waals surface area contributed by atoms with Crippen LogP contribution in [0, 0.1) is 11.6 Å². The van der Waals surface area contributed by atoms with Crippen LogP contribution in [-0.4, -0.2) is 19.8 Å². The molecule has 0 atom stereocenters. The fourth-order valence-corrected chi connectivity index (χ4v) is 3.03. The predicted molar refractivity (Wildman–Crippen MR) is 76.9 cm³/mol. The van der Waals surface area contributed by atoms with Crippen molar-refractivity contribution >= 4 is 10.0 Å². The van der Waals surface area contributed by atoms with Crippen LogP contribution in [0.15, 0.2) is 48.5 Å². The molecule has 0 N–H and O–H groups in total. The second-order valence-corrected chi connectivity index (χ2v) is 6.84. The first-order valence-corrected chi connectivity index (χ1v) is 7.90. The van der Waals surface area contributed by atoms with Crippen molar-refractivity contribution < 1.29 is 17.2 Å². The summed E-state index contributed by atoms with van der Waals surface area (Å²) in [6, 6.07) is 11.0. The molecule has 2 aromatic carbocycles. The first kappa shape index (κ1) is 15.6. The Bertz CT molecular complexity index is 697. The second-order valence-electron chi connectivity index (χ2n) is 4.77. The molecular weight excluding hydrogens is 296 g/mol. The molecule has 0 radical (unpaired) electrons. The van der Waals surface area contributed by atoms with Gasteiger partial charge in [-0.2, -0.15) is 0 Å². The molecule has 0 spiro atoms. The lowest BCUT2D eigenvalue weighted by Crippen LogP contribution is -2.27. The molecule has 3 nitrogen and oxygen atoms in total. The molecule has 0 aromatic heterocycles. The van der Waals surface area contributed by atoms with E-state index >= 15 is 0 Å². The van der Waals surface area contributed by atoms with Crippen LogP contribution in [0.1, 0.15) is 11.1 Å². The quantitative estimate of drug-likeness (QED) is 0.851. The Balaban J connectivity index is 2.07. The number of rotatable bonds is 5. The molecule has 0 heterocycles. The third kappa shape index (κ3) is 4.34. The Morgan fingerprint density at radius 2 is 1.29 bits per heavy atom. The molecule has 2 rings (SSSR count). The zero-order valence-corrected chi connectivity index (χ0v) is 12.3. The normalized spacial score (nSPS) is 11.8. The van der Waals surface area contributed by atoms with Gasteiger partial charge in [-0.05, 0) is 35.4 Å². The molecule has 0 saturated carbocycles. The standard InChI is InChI=1S/C15H15F2NO2S/c1-18(10-12-2-6-14(16)7-3-12)21(19,20)11-13-4-8-15(17)9-5-13/h2-9H,10-11H2,1H3. The van der Waals surface area contributed by atoms with Gasteiger partial charge in [0.1, 0.15) is 11.6 Å². The van der Waals surface area contributed by atoms with Crippen molar-refractivity contribution in [2.24, 2.45) is 0 Å². The summed E-state index contributed by atoms with van der Waals surface area (Å²) in [6.45, 7) is 0.157. The summed E-state index contributed by atoms with van der Waals surface area (Å²) in [7, 11) is -2.06. The SMILES string of the molecule is CN(Cc1ccc(F)cc1)S(=O)(=O)Cc1ccc(F)cc1. The largest absolute Gasteiger partial charge is 0.218 e. The Kier molecular flexibility index (Phi) is 4.69. The van der Waals surface area contributed by atoms with Gasteiger partial charge in [0.05, 0.1) is 5.75 Å². The molecule has 0 saturated heterocycles. The summed E-state index contributed by atoms with van der Waals surface area (Å²) in [5, 5.41) is 0. The Labute approximate surface area is 122 Å². The smallest absolute Gasteiger partial charge is 0.212 e. The maximum Gasteiger partial charge on any atom is 0.218 e. The lowest BCUT2D eigenvalue weighted by Gasteiger charge is -2.17. The van der Waals surface area contributed by atoms with Crippen LogP contribution in [0.25, 0.3) is 0 Å². The molecular formula is C15H15F2NO2S. The van der Waals surface area contributed by atoms with Crippen molar-refractivity contribution in [2.75, 3.05) is 7.05 Å². The number of hydrogen-bond acceptors (Lipinski definition) is 2. The maximum atomic E-state index is 12.8. The molecule has 0 aliphatic rings. The van der Waals surface area contributed by atoms with Crippen LogP contribution in [0.3, 0.4) is 0 Å². The lowest BCUT2D eigenvalue weighted by molar-refractivity contribution is 0.465. The highest BCUT2D eigenvalue weighted by Gasteiger charge is 2.18. The van der Waals surface area contributed by atoms with E-state index in [0.717, 1.165) is 0 Å². The molecule has 0 aliphatic carbocycles. The van der Waals surface area contributed by atoms with Gasteiger partial charge >= 0.3 is 0 Å². The van der Waals surface area contributed by atoms with E-state index < -0.39 is 15.8 Å². The van der Waals surface area contributed by atoms with E-state index in [2.05, 4.69) is 0 Å². The first-order valence-electron chi connectivity index (χ1n) is 6.30. The monoisotopic (exact) mass is 311 g/mol. The predicted octanol–water partition coefficient (Wildman–Crippen LogP) is 2.93. The first-order chi connectivity index (χ1) is 9.87. The van der Waals surface area contributed by atoms with E-state index in [9.17, 15) is 17.2 Å². The van der Waals surface area contributed by atoms with E-state index in [1.807, 2.05) is 0 Å². The van der Waals surface area contributed by atoms with Crippen LogP contribution in [0.4, 0.5) is 8.78 Å². The number of nitrogens with zero attached hydrogens (tertiary/aromatic N) is 1. The lowest BCUT2D eigenvalue weighted by atomic mass is 10.2. The number of halogens is 2. The minimum absolute atomic E-state index is 0.157. The van der Waals surface area contributed by atoms with Gasteiger partial charge in [0.25, 0.3) is 0 Å². The average Bonchev–Trinajstić information content (AvgIpc) is 2.43. The van der Waals surface area contributed by atoms with Gasteiger partial charge in [-0.25, -0.2) is 21.5 Å². The van der Waals surface area contributed by atoms with E-state index in [1.165, 1.54) is 47.8 Å². The van der Waals surface area contributed by atoms with Crippen molar-refractivity contribution in [2.45, 2.75) is 12.3 Å². The van der Waals surface area contributed by atoms with Crippen LogP contribution in [-0.2, 0) is 22.3 Å². The van der Waals surface area contributed by atoms with Gasteiger partial charge in [0.2, 0.25) is 10.0 Å². The minimum atomic E-state index is -3.52. The number of hydrogen-bond donors (Lipinski definition) is 0.